The highest BCUT2D eigenvalue weighted by atomic mass is 16.4. The molecule has 0 aliphatic carbocycles. The van der Waals surface area contributed by atoms with Crippen LogP contribution in [0.2, 0.25) is 0 Å². The number of nitrogens with zero attached hydrogens (tertiary/aromatic N) is 1. The van der Waals surface area contributed by atoms with Gasteiger partial charge in [0.25, 0.3) is 0 Å². The first-order valence-corrected chi connectivity index (χ1v) is 8.12. The van der Waals surface area contributed by atoms with Crippen molar-refractivity contribution in [2.75, 3.05) is 6.54 Å². The van der Waals surface area contributed by atoms with E-state index in [0.717, 1.165) is 21.6 Å². The van der Waals surface area contributed by atoms with Gasteiger partial charge in [-0.05, 0) is 34.4 Å². The van der Waals surface area contributed by atoms with Crippen LogP contribution < -0.4 is 0 Å². The molecule has 0 bridgehead atoms. The smallest absolute Gasteiger partial charge is 0.408 e. The first-order chi connectivity index (χ1) is 12.3. The summed E-state index contributed by atoms with van der Waals surface area (Å²) in [5, 5.41) is 29.5. The maximum Gasteiger partial charge on any atom is 0.408 e. The van der Waals surface area contributed by atoms with E-state index in [1.54, 1.807) is 24.3 Å². The van der Waals surface area contributed by atoms with Gasteiger partial charge in [0.1, 0.15) is 11.6 Å². The molecule has 3 N–H and O–H groups in total. The topological polar surface area (TPSA) is 98.1 Å². The van der Waals surface area contributed by atoms with Gasteiger partial charge in [0.05, 0.1) is 6.54 Å². The molecule has 1 fully saturated rings. The third-order valence-electron chi connectivity index (χ3n) is 4.73. The molecule has 6 heteroatoms. The van der Waals surface area contributed by atoms with E-state index in [0.29, 0.717) is 5.56 Å². The number of rotatable bonds is 4. The normalized spacial score (nSPS) is 22.2. The zero-order valence-corrected chi connectivity index (χ0v) is 14.0. The van der Waals surface area contributed by atoms with Gasteiger partial charge in [-0.15, -0.1) is 0 Å². The minimum Gasteiger partial charge on any atom is -0.480 e. The van der Waals surface area contributed by atoms with Gasteiger partial charge in [-0.1, -0.05) is 49.1 Å². The van der Waals surface area contributed by atoms with Gasteiger partial charge >= 0.3 is 12.1 Å². The first-order valence-electron chi connectivity index (χ1n) is 8.12. The summed E-state index contributed by atoms with van der Waals surface area (Å²) >= 11 is 0. The minimum atomic E-state index is -1.55. The Kier molecular flexibility index (Phi) is 4.52. The molecule has 3 rings (SSSR count). The summed E-state index contributed by atoms with van der Waals surface area (Å²) in [7, 11) is 0. The predicted molar refractivity (Wildman–Crippen MR) is 96.6 cm³/mol. The number of carbonyl (C=O) groups is 2. The number of carboxylic acid groups (broad SMARTS) is 2. The summed E-state index contributed by atoms with van der Waals surface area (Å²) in [6.07, 6.45) is 0.188. The number of benzene rings is 2. The molecule has 26 heavy (non-hydrogen) atoms. The van der Waals surface area contributed by atoms with Crippen LogP contribution in [0.4, 0.5) is 4.79 Å². The highest BCUT2D eigenvalue weighted by molar-refractivity contribution is 5.80. The molecule has 6 nitrogen and oxygen atoms in total. The molecule has 0 spiro atoms. The highest BCUT2D eigenvalue weighted by Crippen LogP contribution is 2.37. The van der Waals surface area contributed by atoms with Crippen LogP contribution in [0, 0.1) is 0 Å². The van der Waals surface area contributed by atoms with Gasteiger partial charge in [0, 0.05) is 6.42 Å². The number of hydrogen-bond donors (Lipinski definition) is 3. The lowest BCUT2D eigenvalue weighted by Crippen LogP contribution is -2.40. The van der Waals surface area contributed by atoms with E-state index in [2.05, 4.69) is 6.58 Å². The van der Waals surface area contributed by atoms with Gasteiger partial charge in [0.2, 0.25) is 0 Å². The Hall–Kier alpha value is -3.12. The van der Waals surface area contributed by atoms with Crippen molar-refractivity contribution < 1.29 is 24.9 Å². The van der Waals surface area contributed by atoms with Crippen LogP contribution in [0.5, 0.6) is 0 Å². The molecule has 2 aromatic rings. The Labute approximate surface area is 150 Å². The van der Waals surface area contributed by atoms with Crippen molar-refractivity contribution in [1.29, 1.82) is 0 Å². The maximum absolute atomic E-state index is 11.4. The van der Waals surface area contributed by atoms with Crippen molar-refractivity contribution in [3.05, 3.63) is 66.2 Å². The van der Waals surface area contributed by atoms with Crippen LogP contribution in [0.25, 0.3) is 17.2 Å². The molecule has 2 atom stereocenters. The molecule has 1 aliphatic heterocycles. The summed E-state index contributed by atoms with van der Waals surface area (Å²) in [5.41, 5.74) is 1.67. The molecule has 1 aliphatic rings. The number of aliphatic hydroxyl groups is 1. The van der Waals surface area contributed by atoms with Crippen LogP contribution >= 0.6 is 0 Å². The molecule has 134 valence electrons. The first kappa shape index (κ1) is 17.7. The average molecular weight is 353 g/mol. The van der Waals surface area contributed by atoms with Crippen LogP contribution in [-0.2, 0) is 10.4 Å². The van der Waals surface area contributed by atoms with Crippen LogP contribution in [-0.4, -0.2) is 44.9 Å². The number of aliphatic carboxylic acids is 1. The number of hydrogen-bond acceptors (Lipinski definition) is 3. The van der Waals surface area contributed by atoms with Gasteiger partial charge in [0.15, 0.2) is 0 Å². The zero-order chi connectivity index (χ0) is 18.9. The highest BCUT2D eigenvalue weighted by Gasteiger charge is 2.49. The molecular formula is C20H19NO5. The Balaban J connectivity index is 1.98. The lowest BCUT2D eigenvalue weighted by molar-refractivity contribution is -0.141. The van der Waals surface area contributed by atoms with Crippen LogP contribution in [0.15, 0.2) is 55.1 Å². The number of β-amino-alcohol motifs (C(OH)–C–C–N with tert-alkyl or cyclic N) is 1. The zero-order valence-electron chi connectivity index (χ0n) is 14.0. The lowest BCUT2D eigenvalue weighted by Gasteiger charge is -2.23. The lowest BCUT2D eigenvalue weighted by atomic mass is 9.89. The minimum absolute atomic E-state index is 0.190. The monoisotopic (exact) mass is 353 g/mol. The average Bonchev–Trinajstić information content (AvgIpc) is 3.02. The summed E-state index contributed by atoms with van der Waals surface area (Å²) in [6.45, 7) is 3.47. The fourth-order valence-electron chi connectivity index (χ4n) is 3.35. The summed E-state index contributed by atoms with van der Waals surface area (Å²) in [6, 6.07) is 13.5. The quantitative estimate of drug-likeness (QED) is 0.785. The van der Waals surface area contributed by atoms with Crippen LogP contribution in [0.1, 0.15) is 17.5 Å². The Morgan fingerprint density at radius 3 is 2.35 bits per heavy atom. The fraction of sp³-hybridized carbons (Fsp3) is 0.200. The molecule has 2 aromatic carbocycles. The van der Waals surface area contributed by atoms with Crippen molar-refractivity contribution in [2.45, 2.75) is 18.1 Å². The fourth-order valence-corrected chi connectivity index (χ4v) is 3.35. The number of amides is 1. The Morgan fingerprint density at radius 1 is 1.12 bits per heavy atom. The standard InChI is InChI=1S/C20H19NO5/c1-2-13-5-3-6-14(9-13)15-7-4-8-16(10-15)20(26)11-17(18(22)23)21(12-20)19(24)25/h2-10,17,26H,1,11-12H2,(H,22,23)(H,24,25). The summed E-state index contributed by atoms with van der Waals surface area (Å²) < 4.78 is 0. The second-order valence-corrected chi connectivity index (χ2v) is 6.41. The van der Waals surface area contributed by atoms with E-state index in [9.17, 15) is 24.9 Å². The maximum atomic E-state index is 11.4. The molecule has 1 heterocycles. The van der Waals surface area contributed by atoms with Crippen molar-refractivity contribution in [2.24, 2.45) is 0 Å². The third kappa shape index (κ3) is 3.19. The molecule has 1 amide bonds. The van der Waals surface area contributed by atoms with Gasteiger partial charge in [-0.25, -0.2) is 9.59 Å². The van der Waals surface area contributed by atoms with Gasteiger partial charge in [-0.3, -0.25) is 4.90 Å². The van der Waals surface area contributed by atoms with Crippen molar-refractivity contribution >= 4 is 18.1 Å². The predicted octanol–water partition coefficient (Wildman–Crippen LogP) is 3.02. The largest absolute Gasteiger partial charge is 0.480 e. The van der Waals surface area contributed by atoms with E-state index in [4.69, 9.17) is 0 Å². The molecular weight excluding hydrogens is 334 g/mol. The SMILES string of the molecule is C=Cc1cccc(-c2cccc(C3(O)CC(C(=O)O)N(C(=O)O)C3)c2)c1. The van der Waals surface area contributed by atoms with E-state index < -0.39 is 23.7 Å². The number of likely N-dealkylation sites (tertiary alicyclic amines) is 1. The summed E-state index contributed by atoms with van der Waals surface area (Å²) in [4.78, 5) is 23.5. The van der Waals surface area contributed by atoms with Gasteiger partial charge in [-0.2, -0.15) is 0 Å². The molecule has 0 aromatic heterocycles. The van der Waals surface area contributed by atoms with E-state index in [1.165, 1.54) is 0 Å². The second-order valence-electron chi connectivity index (χ2n) is 6.41. The third-order valence-corrected chi connectivity index (χ3v) is 4.73. The Bertz CT molecular complexity index is 854. The van der Waals surface area contributed by atoms with Crippen molar-refractivity contribution in [1.82, 2.24) is 4.90 Å². The molecule has 2 unspecified atom stereocenters. The van der Waals surface area contributed by atoms with Gasteiger partial charge < -0.3 is 15.3 Å². The summed E-state index contributed by atoms with van der Waals surface area (Å²) in [5.74, 6) is -1.27. The molecule has 0 saturated carbocycles. The number of carboxylic acids is 1. The van der Waals surface area contributed by atoms with Crippen molar-refractivity contribution in [3.63, 3.8) is 0 Å². The van der Waals surface area contributed by atoms with E-state index in [-0.39, 0.29) is 13.0 Å². The van der Waals surface area contributed by atoms with Crippen LogP contribution in [0.3, 0.4) is 0 Å². The molecule has 1 saturated heterocycles. The Morgan fingerprint density at radius 2 is 1.77 bits per heavy atom. The second kappa shape index (κ2) is 6.65. The van der Waals surface area contributed by atoms with Crippen molar-refractivity contribution in [3.8, 4) is 11.1 Å². The van der Waals surface area contributed by atoms with E-state index in [1.807, 2.05) is 30.3 Å². The molecule has 0 radical (unpaired) electrons. The van der Waals surface area contributed by atoms with E-state index >= 15 is 0 Å².